The third-order valence-corrected chi connectivity index (χ3v) is 4.61. The number of aryl methyl sites for hydroxylation is 1. The summed E-state index contributed by atoms with van der Waals surface area (Å²) in [4.78, 5) is 21.9. The summed E-state index contributed by atoms with van der Waals surface area (Å²) >= 11 is 6.11. The zero-order chi connectivity index (χ0) is 17.8. The summed E-state index contributed by atoms with van der Waals surface area (Å²) in [6.45, 7) is 2.80. The van der Waals surface area contributed by atoms with E-state index in [4.69, 9.17) is 16.3 Å². The predicted molar refractivity (Wildman–Crippen MR) is 92.1 cm³/mol. The molecule has 1 saturated heterocycles. The fourth-order valence-electron chi connectivity index (χ4n) is 2.84. The van der Waals surface area contributed by atoms with Crippen molar-refractivity contribution in [3.8, 4) is 5.88 Å². The number of aromatic nitrogens is 2. The molecule has 0 unspecified atom stereocenters. The highest BCUT2D eigenvalue weighted by atomic mass is 35.5. The molecular formula is C18H19ClFN3O2. The molecular weight excluding hydrogens is 345 g/mol. The number of likely N-dealkylation sites (tertiary alicyclic amines) is 1. The van der Waals surface area contributed by atoms with Gasteiger partial charge in [0.25, 0.3) is 5.88 Å². The van der Waals surface area contributed by atoms with E-state index in [1.165, 1.54) is 6.33 Å². The molecule has 0 aliphatic carbocycles. The average molecular weight is 364 g/mol. The molecule has 1 fully saturated rings. The molecule has 1 aromatic heterocycles. The van der Waals surface area contributed by atoms with Gasteiger partial charge in [0, 0.05) is 18.0 Å². The summed E-state index contributed by atoms with van der Waals surface area (Å²) in [6, 6.07) is 7.29. The van der Waals surface area contributed by atoms with Crippen molar-refractivity contribution in [3.63, 3.8) is 0 Å². The second-order valence-corrected chi connectivity index (χ2v) is 6.34. The Morgan fingerprint density at radius 2 is 2.20 bits per heavy atom. The highest BCUT2D eigenvalue weighted by Crippen LogP contribution is 2.22. The minimum Gasteiger partial charge on any atom is -0.470 e. The van der Waals surface area contributed by atoms with Crippen molar-refractivity contribution in [2.75, 3.05) is 13.1 Å². The highest BCUT2D eigenvalue weighted by Gasteiger charge is 2.29. The maximum atomic E-state index is 14.2. The number of benzene rings is 1. The van der Waals surface area contributed by atoms with Gasteiger partial charge in [-0.1, -0.05) is 36.7 Å². The number of carbonyl (C=O) groups is 1. The molecule has 7 heteroatoms. The van der Waals surface area contributed by atoms with E-state index >= 15 is 0 Å². The average Bonchev–Trinajstić information content (AvgIpc) is 3.07. The Morgan fingerprint density at radius 1 is 1.40 bits per heavy atom. The maximum Gasteiger partial charge on any atom is 0.254 e. The predicted octanol–water partition coefficient (Wildman–Crippen LogP) is 3.05. The number of halogens is 2. The van der Waals surface area contributed by atoms with Crippen molar-refractivity contribution < 1.29 is 13.9 Å². The number of amides is 1. The van der Waals surface area contributed by atoms with Gasteiger partial charge in [0.15, 0.2) is 0 Å². The maximum absolute atomic E-state index is 14.2. The quantitative estimate of drug-likeness (QED) is 0.819. The molecule has 1 amide bonds. The molecule has 0 spiro atoms. The Labute approximate surface area is 150 Å². The Bertz CT molecular complexity index is 772. The molecule has 1 aromatic carbocycles. The van der Waals surface area contributed by atoms with Gasteiger partial charge in [-0.2, -0.15) is 9.37 Å². The Morgan fingerprint density at radius 3 is 2.96 bits per heavy atom. The van der Waals surface area contributed by atoms with Gasteiger partial charge < -0.3 is 9.64 Å². The fourth-order valence-corrected chi connectivity index (χ4v) is 3.04. The summed E-state index contributed by atoms with van der Waals surface area (Å²) in [5.41, 5.74) is 1.13. The molecule has 1 aliphatic rings. The Balaban J connectivity index is 1.60. The smallest absolute Gasteiger partial charge is 0.254 e. The van der Waals surface area contributed by atoms with Crippen molar-refractivity contribution in [3.05, 3.63) is 52.7 Å². The largest absolute Gasteiger partial charge is 0.470 e. The van der Waals surface area contributed by atoms with Gasteiger partial charge in [0.1, 0.15) is 12.4 Å². The van der Waals surface area contributed by atoms with Gasteiger partial charge in [-0.05, 0) is 18.1 Å². The van der Waals surface area contributed by atoms with E-state index in [-0.39, 0.29) is 24.3 Å². The number of nitrogens with zero attached hydrogens (tertiary/aromatic N) is 3. The zero-order valence-electron chi connectivity index (χ0n) is 13.9. The lowest BCUT2D eigenvalue weighted by molar-refractivity contribution is -0.129. The highest BCUT2D eigenvalue weighted by molar-refractivity contribution is 6.31. The monoisotopic (exact) mass is 363 g/mol. The first-order valence-electron chi connectivity index (χ1n) is 8.25. The molecule has 0 saturated carbocycles. The number of hydrogen-bond donors (Lipinski definition) is 0. The summed E-state index contributed by atoms with van der Waals surface area (Å²) < 4.78 is 19.8. The van der Waals surface area contributed by atoms with Crippen LogP contribution >= 0.6 is 11.6 Å². The molecule has 3 rings (SSSR count). The van der Waals surface area contributed by atoms with Crippen molar-refractivity contribution in [2.24, 2.45) is 0 Å². The topological polar surface area (TPSA) is 55.3 Å². The molecule has 25 heavy (non-hydrogen) atoms. The first-order chi connectivity index (χ1) is 12.1. The summed E-state index contributed by atoms with van der Waals surface area (Å²) in [5.74, 6) is -0.584. The molecule has 5 nitrogen and oxygen atoms in total. The molecule has 2 aromatic rings. The minimum absolute atomic E-state index is 0.0170. The third kappa shape index (κ3) is 4.07. The molecule has 0 bridgehead atoms. The van der Waals surface area contributed by atoms with Crippen LogP contribution in [0.5, 0.6) is 5.88 Å². The van der Waals surface area contributed by atoms with Gasteiger partial charge >= 0.3 is 0 Å². The van der Waals surface area contributed by atoms with E-state index in [1.807, 2.05) is 25.1 Å². The standard InChI is InChI=1S/C18H19ClFN3O2/c1-2-15-17(20)18(22-11-21-15)25-13-7-8-23(10-13)16(24)9-12-5-3-4-6-14(12)19/h3-6,11,13H,2,7-10H2,1H3/t13-/m0/s1. The van der Waals surface area contributed by atoms with E-state index in [9.17, 15) is 9.18 Å². The molecule has 1 aliphatic heterocycles. The SMILES string of the molecule is CCc1ncnc(O[C@H]2CCN(C(=O)Cc3ccccc3Cl)C2)c1F. The third-order valence-electron chi connectivity index (χ3n) is 4.24. The van der Waals surface area contributed by atoms with Crippen LogP contribution in [0.25, 0.3) is 0 Å². The summed E-state index contributed by atoms with van der Waals surface area (Å²) in [7, 11) is 0. The minimum atomic E-state index is -0.522. The summed E-state index contributed by atoms with van der Waals surface area (Å²) in [5, 5.41) is 0.581. The van der Waals surface area contributed by atoms with Crippen LogP contribution < -0.4 is 4.74 Å². The second kappa shape index (κ2) is 7.78. The van der Waals surface area contributed by atoms with Crippen molar-refractivity contribution in [1.82, 2.24) is 14.9 Å². The van der Waals surface area contributed by atoms with Crippen molar-refractivity contribution in [2.45, 2.75) is 32.3 Å². The van der Waals surface area contributed by atoms with Crippen LogP contribution in [-0.4, -0.2) is 40.0 Å². The van der Waals surface area contributed by atoms with Crippen LogP contribution in [0.2, 0.25) is 5.02 Å². The van der Waals surface area contributed by atoms with Gasteiger partial charge in [0.2, 0.25) is 11.7 Å². The van der Waals surface area contributed by atoms with Gasteiger partial charge in [-0.15, -0.1) is 0 Å². The summed E-state index contributed by atoms with van der Waals surface area (Å²) in [6.07, 6.45) is 2.38. The first kappa shape index (κ1) is 17.6. The van der Waals surface area contributed by atoms with Crippen molar-refractivity contribution >= 4 is 17.5 Å². The van der Waals surface area contributed by atoms with E-state index in [0.717, 1.165) is 5.56 Å². The number of hydrogen-bond acceptors (Lipinski definition) is 4. The molecule has 2 heterocycles. The number of rotatable bonds is 5. The molecule has 1 atom stereocenters. The van der Waals surface area contributed by atoms with Gasteiger partial charge in [-0.25, -0.2) is 4.98 Å². The van der Waals surface area contributed by atoms with Crippen LogP contribution in [-0.2, 0) is 17.6 Å². The Kier molecular flexibility index (Phi) is 5.48. The van der Waals surface area contributed by atoms with E-state index in [1.54, 1.807) is 11.0 Å². The molecule has 0 radical (unpaired) electrons. The van der Waals surface area contributed by atoms with Crippen LogP contribution in [0.15, 0.2) is 30.6 Å². The lowest BCUT2D eigenvalue weighted by atomic mass is 10.1. The lowest BCUT2D eigenvalue weighted by Crippen LogP contribution is -2.32. The van der Waals surface area contributed by atoms with Crippen LogP contribution in [0.4, 0.5) is 4.39 Å². The van der Waals surface area contributed by atoms with Gasteiger partial charge in [0.05, 0.1) is 18.7 Å². The van der Waals surface area contributed by atoms with Crippen LogP contribution in [0.1, 0.15) is 24.6 Å². The van der Waals surface area contributed by atoms with Crippen molar-refractivity contribution in [1.29, 1.82) is 0 Å². The number of ether oxygens (including phenoxy) is 1. The zero-order valence-corrected chi connectivity index (χ0v) is 14.7. The number of carbonyl (C=O) groups excluding carboxylic acids is 1. The molecule has 132 valence electrons. The first-order valence-corrected chi connectivity index (χ1v) is 8.63. The fraction of sp³-hybridized carbons (Fsp3) is 0.389. The normalized spacial score (nSPS) is 16.9. The van der Waals surface area contributed by atoms with E-state index in [2.05, 4.69) is 9.97 Å². The Hall–Kier alpha value is -2.21. The van der Waals surface area contributed by atoms with E-state index in [0.29, 0.717) is 36.6 Å². The van der Waals surface area contributed by atoms with Gasteiger partial charge in [-0.3, -0.25) is 4.79 Å². The van der Waals surface area contributed by atoms with Crippen LogP contribution in [0.3, 0.4) is 0 Å². The van der Waals surface area contributed by atoms with Crippen LogP contribution in [0, 0.1) is 5.82 Å². The molecule has 0 N–H and O–H groups in total. The van der Waals surface area contributed by atoms with E-state index < -0.39 is 5.82 Å². The lowest BCUT2D eigenvalue weighted by Gasteiger charge is -2.17. The second-order valence-electron chi connectivity index (χ2n) is 5.93.